The lowest BCUT2D eigenvalue weighted by atomic mass is 10.1. The average molecular weight is 393 g/mol. The second kappa shape index (κ2) is 7.02. The molecule has 0 saturated heterocycles. The number of halogens is 1. The van der Waals surface area contributed by atoms with Crippen LogP contribution < -0.4 is 4.90 Å². The van der Waals surface area contributed by atoms with Gasteiger partial charge in [0.15, 0.2) is 0 Å². The largest absolute Gasteiger partial charge is 0.309 e. The summed E-state index contributed by atoms with van der Waals surface area (Å²) in [6.45, 7) is 3.67. The Labute approximate surface area is 159 Å². The van der Waals surface area contributed by atoms with Crippen molar-refractivity contribution < 1.29 is 13.2 Å². The molecule has 1 heterocycles. The number of benzene rings is 2. The van der Waals surface area contributed by atoms with Crippen molar-refractivity contribution in [2.75, 3.05) is 11.9 Å². The normalized spacial score (nSPS) is 16.8. The highest BCUT2D eigenvalue weighted by Crippen LogP contribution is 2.34. The van der Waals surface area contributed by atoms with Crippen molar-refractivity contribution in [2.45, 2.75) is 37.8 Å². The highest BCUT2D eigenvalue weighted by Gasteiger charge is 2.31. The minimum absolute atomic E-state index is 0.0290. The Bertz CT molecular complexity index is 959. The molecule has 0 fully saturated rings. The van der Waals surface area contributed by atoms with E-state index in [1.54, 1.807) is 29.2 Å². The summed E-state index contributed by atoms with van der Waals surface area (Å²) in [4.78, 5) is 13.8. The number of carbonyl (C=O) groups is 1. The van der Waals surface area contributed by atoms with Crippen molar-refractivity contribution >= 4 is 33.2 Å². The molecule has 0 radical (unpaired) electrons. The van der Waals surface area contributed by atoms with Crippen LogP contribution in [0.2, 0.25) is 5.02 Å². The van der Waals surface area contributed by atoms with Crippen LogP contribution in [-0.2, 0) is 27.8 Å². The number of sulfonamides is 1. The van der Waals surface area contributed by atoms with Gasteiger partial charge in [0.1, 0.15) is 0 Å². The topological polar surface area (TPSA) is 57.7 Å². The van der Waals surface area contributed by atoms with Gasteiger partial charge in [-0.15, -0.1) is 0 Å². The zero-order valence-electron chi connectivity index (χ0n) is 14.9. The van der Waals surface area contributed by atoms with E-state index in [0.717, 1.165) is 16.8 Å². The predicted octanol–water partition coefficient (Wildman–Crippen LogP) is 3.46. The summed E-state index contributed by atoms with van der Waals surface area (Å²) >= 11 is 6.14. The van der Waals surface area contributed by atoms with Gasteiger partial charge < -0.3 is 4.90 Å². The van der Waals surface area contributed by atoms with Gasteiger partial charge in [0.05, 0.1) is 4.90 Å². The molecule has 1 aliphatic heterocycles. The van der Waals surface area contributed by atoms with Gasteiger partial charge in [0.25, 0.3) is 0 Å². The van der Waals surface area contributed by atoms with E-state index < -0.39 is 10.0 Å². The van der Waals surface area contributed by atoms with Crippen LogP contribution in [-0.4, -0.2) is 31.7 Å². The predicted molar refractivity (Wildman–Crippen MR) is 103 cm³/mol. The van der Waals surface area contributed by atoms with Crippen molar-refractivity contribution in [2.24, 2.45) is 0 Å². The minimum atomic E-state index is -3.66. The molecular formula is C19H21ClN2O3S. The molecule has 138 valence electrons. The molecule has 0 N–H and O–H groups in total. The number of carbonyl (C=O) groups excluding carboxylic acids is 1. The molecule has 1 unspecified atom stereocenters. The Balaban J connectivity index is 1.90. The first-order valence-corrected chi connectivity index (χ1v) is 10.2. The molecule has 2 aromatic rings. The van der Waals surface area contributed by atoms with Crippen LogP contribution in [0, 0.1) is 0 Å². The van der Waals surface area contributed by atoms with Gasteiger partial charge in [0, 0.05) is 37.3 Å². The quantitative estimate of drug-likeness (QED) is 0.800. The molecule has 0 aliphatic carbocycles. The monoisotopic (exact) mass is 392 g/mol. The van der Waals surface area contributed by atoms with Crippen LogP contribution in [0.25, 0.3) is 0 Å². The lowest BCUT2D eigenvalue weighted by Gasteiger charge is -2.21. The Hall–Kier alpha value is -1.89. The van der Waals surface area contributed by atoms with Crippen LogP contribution in [0.4, 0.5) is 5.69 Å². The van der Waals surface area contributed by atoms with Crippen LogP contribution in [0.5, 0.6) is 0 Å². The van der Waals surface area contributed by atoms with Crippen LogP contribution >= 0.6 is 11.6 Å². The van der Waals surface area contributed by atoms with E-state index in [-0.39, 0.29) is 23.4 Å². The molecule has 7 heteroatoms. The molecule has 1 aliphatic rings. The van der Waals surface area contributed by atoms with E-state index >= 15 is 0 Å². The molecule has 0 aromatic heterocycles. The highest BCUT2D eigenvalue weighted by atomic mass is 35.5. The van der Waals surface area contributed by atoms with Gasteiger partial charge in [0.2, 0.25) is 15.9 Å². The first-order chi connectivity index (χ1) is 12.2. The number of fused-ring (bicyclic) bond motifs is 1. The number of anilines is 1. The Morgan fingerprint density at radius 3 is 2.62 bits per heavy atom. The Morgan fingerprint density at radius 2 is 1.96 bits per heavy atom. The molecule has 26 heavy (non-hydrogen) atoms. The van der Waals surface area contributed by atoms with Crippen molar-refractivity contribution in [1.82, 2.24) is 4.31 Å². The summed E-state index contributed by atoms with van der Waals surface area (Å²) < 4.78 is 27.2. The smallest absolute Gasteiger partial charge is 0.243 e. The molecule has 1 atom stereocenters. The average Bonchev–Trinajstić information content (AvgIpc) is 2.91. The fraction of sp³-hybridized carbons (Fsp3) is 0.316. The van der Waals surface area contributed by atoms with E-state index in [1.807, 2.05) is 25.1 Å². The fourth-order valence-electron chi connectivity index (χ4n) is 3.38. The van der Waals surface area contributed by atoms with E-state index in [4.69, 9.17) is 11.6 Å². The SMILES string of the molecule is CC(=O)N1c2ccc(S(=O)(=O)N(C)Cc3ccccc3Cl)cc2CC1C. The maximum atomic E-state index is 12.9. The maximum Gasteiger partial charge on any atom is 0.243 e. The highest BCUT2D eigenvalue weighted by molar-refractivity contribution is 7.89. The second-order valence-corrected chi connectivity index (χ2v) is 9.04. The second-order valence-electron chi connectivity index (χ2n) is 6.59. The van der Waals surface area contributed by atoms with Crippen molar-refractivity contribution in [3.05, 3.63) is 58.6 Å². The van der Waals surface area contributed by atoms with E-state index in [1.165, 1.54) is 18.3 Å². The maximum absolute atomic E-state index is 12.9. The first kappa shape index (κ1) is 18.9. The molecule has 0 bridgehead atoms. The first-order valence-electron chi connectivity index (χ1n) is 8.34. The third kappa shape index (κ3) is 3.37. The molecule has 5 nitrogen and oxygen atoms in total. The molecule has 0 saturated carbocycles. The summed E-state index contributed by atoms with van der Waals surface area (Å²) in [6, 6.07) is 12.2. The minimum Gasteiger partial charge on any atom is -0.309 e. The summed E-state index contributed by atoms with van der Waals surface area (Å²) in [6.07, 6.45) is 0.645. The van der Waals surface area contributed by atoms with Crippen molar-refractivity contribution in [1.29, 1.82) is 0 Å². The van der Waals surface area contributed by atoms with Crippen LogP contribution in [0.1, 0.15) is 25.0 Å². The Morgan fingerprint density at radius 1 is 1.27 bits per heavy atom. The number of rotatable bonds is 4. The third-order valence-corrected chi connectivity index (χ3v) is 6.83. The summed E-state index contributed by atoms with van der Waals surface area (Å²) in [5, 5.41) is 0.537. The lowest BCUT2D eigenvalue weighted by Crippen LogP contribution is -2.33. The van der Waals surface area contributed by atoms with Gasteiger partial charge in [-0.3, -0.25) is 4.79 Å². The number of hydrogen-bond acceptors (Lipinski definition) is 3. The van der Waals surface area contributed by atoms with Gasteiger partial charge in [-0.1, -0.05) is 29.8 Å². The number of nitrogens with zero attached hydrogens (tertiary/aromatic N) is 2. The van der Waals surface area contributed by atoms with Crippen molar-refractivity contribution in [3.63, 3.8) is 0 Å². The van der Waals surface area contributed by atoms with Gasteiger partial charge in [-0.2, -0.15) is 4.31 Å². The number of hydrogen-bond donors (Lipinski definition) is 0. The molecule has 3 rings (SSSR count). The summed E-state index contributed by atoms with van der Waals surface area (Å²) in [7, 11) is -2.12. The zero-order valence-corrected chi connectivity index (χ0v) is 16.5. The molecule has 1 amide bonds. The Kier molecular flexibility index (Phi) is 5.10. The standard InChI is InChI=1S/C19H21ClN2O3S/c1-13-10-16-11-17(8-9-19(16)22(13)14(2)23)26(24,25)21(3)12-15-6-4-5-7-18(15)20/h4-9,11,13H,10,12H2,1-3H3. The van der Waals surface area contributed by atoms with E-state index in [9.17, 15) is 13.2 Å². The van der Waals surface area contributed by atoms with Gasteiger partial charge >= 0.3 is 0 Å². The van der Waals surface area contributed by atoms with E-state index in [0.29, 0.717) is 11.4 Å². The lowest BCUT2D eigenvalue weighted by molar-refractivity contribution is -0.116. The van der Waals surface area contributed by atoms with E-state index in [2.05, 4.69) is 0 Å². The summed E-state index contributed by atoms with van der Waals surface area (Å²) in [5.74, 6) is -0.0392. The van der Waals surface area contributed by atoms with Crippen molar-refractivity contribution in [3.8, 4) is 0 Å². The fourth-order valence-corrected chi connectivity index (χ4v) is 4.77. The van der Waals surface area contributed by atoms with Crippen LogP contribution in [0.3, 0.4) is 0 Å². The summed E-state index contributed by atoms with van der Waals surface area (Å²) in [5.41, 5.74) is 2.41. The number of amides is 1. The molecule has 2 aromatic carbocycles. The van der Waals surface area contributed by atoms with Gasteiger partial charge in [-0.05, 0) is 48.7 Å². The zero-order chi connectivity index (χ0) is 19.1. The third-order valence-electron chi connectivity index (χ3n) is 4.66. The van der Waals surface area contributed by atoms with Gasteiger partial charge in [-0.25, -0.2) is 8.42 Å². The molecule has 0 spiro atoms. The van der Waals surface area contributed by atoms with Crippen LogP contribution in [0.15, 0.2) is 47.4 Å². The molecular weight excluding hydrogens is 372 g/mol.